The second-order valence-electron chi connectivity index (χ2n) is 4.36. The second-order valence-corrected chi connectivity index (χ2v) is 4.77. The first-order chi connectivity index (χ1) is 9.10. The fraction of sp³-hybridized carbons (Fsp3) is 0.846. The molecule has 0 saturated carbocycles. The second kappa shape index (κ2) is 12.2. The van der Waals surface area contributed by atoms with E-state index in [2.05, 4.69) is 16.0 Å². The van der Waals surface area contributed by atoms with Crippen LogP contribution in [0.15, 0.2) is 0 Å². The van der Waals surface area contributed by atoms with Crippen LogP contribution >= 0.6 is 12.2 Å². The zero-order valence-electron chi connectivity index (χ0n) is 12.3. The summed E-state index contributed by atoms with van der Waals surface area (Å²) in [4.78, 5) is 11.5. The van der Waals surface area contributed by atoms with Gasteiger partial charge in [0.15, 0.2) is 5.11 Å². The predicted molar refractivity (Wildman–Crippen MR) is 82.2 cm³/mol. The van der Waals surface area contributed by atoms with Crippen molar-refractivity contribution in [1.82, 2.24) is 16.0 Å². The van der Waals surface area contributed by atoms with E-state index in [0.717, 1.165) is 32.6 Å². The number of amides is 1. The van der Waals surface area contributed by atoms with Crippen molar-refractivity contribution in [2.24, 2.45) is 0 Å². The third-order valence-electron chi connectivity index (χ3n) is 2.61. The van der Waals surface area contributed by atoms with Crippen LogP contribution in [-0.2, 0) is 9.53 Å². The molecule has 0 spiro atoms. The molecule has 5 nitrogen and oxygen atoms in total. The summed E-state index contributed by atoms with van der Waals surface area (Å²) in [6, 6.07) is 0.233. The molecule has 0 aliphatic rings. The minimum atomic E-state index is 0.0565. The summed E-state index contributed by atoms with van der Waals surface area (Å²) in [6.07, 6.45) is 2.30. The third kappa shape index (κ3) is 11.9. The standard InChI is InChI=1S/C13H27N3O2S/c1-4-11(3)16-12(17)7-9-15-13(19)14-8-6-10-18-5-2/h11H,4-10H2,1-3H3,(H,16,17)(H2,14,15,19). The molecule has 0 aromatic carbocycles. The highest BCUT2D eigenvalue weighted by molar-refractivity contribution is 7.80. The van der Waals surface area contributed by atoms with Gasteiger partial charge in [0.1, 0.15) is 0 Å². The van der Waals surface area contributed by atoms with E-state index in [-0.39, 0.29) is 11.9 Å². The average molecular weight is 289 g/mol. The molecule has 19 heavy (non-hydrogen) atoms. The highest BCUT2D eigenvalue weighted by Gasteiger charge is 2.05. The molecule has 1 amide bonds. The zero-order chi connectivity index (χ0) is 14.5. The van der Waals surface area contributed by atoms with Crippen molar-refractivity contribution < 1.29 is 9.53 Å². The first kappa shape index (κ1) is 18.1. The Morgan fingerprint density at radius 3 is 2.58 bits per heavy atom. The van der Waals surface area contributed by atoms with Crippen LogP contribution in [0.5, 0.6) is 0 Å². The number of carbonyl (C=O) groups excluding carboxylic acids is 1. The lowest BCUT2D eigenvalue weighted by Gasteiger charge is -2.13. The van der Waals surface area contributed by atoms with Gasteiger partial charge in [0, 0.05) is 38.8 Å². The van der Waals surface area contributed by atoms with Crippen LogP contribution in [-0.4, -0.2) is 43.4 Å². The van der Waals surface area contributed by atoms with E-state index in [1.54, 1.807) is 0 Å². The van der Waals surface area contributed by atoms with Crippen LogP contribution in [0.4, 0.5) is 0 Å². The molecule has 3 N–H and O–H groups in total. The van der Waals surface area contributed by atoms with Crippen molar-refractivity contribution in [3.05, 3.63) is 0 Å². The van der Waals surface area contributed by atoms with Crippen molar-refractivity contribution in [2.45, 2.75) is 46.1 Å². The Balaban J connectivity index is 3.45. The van der Waals surface area contributed by atoms with Crippen molar-refractivity contribution in [2.75, 3.05) is 26.3 Å². The summed E-state index contributed by atoms with van der Waals surface area (Å²) in [5.74, 6) is 0.0565. The summed E-state index contributed by atoms with van der Waals surface area (Å²) in [6.45, 7) is 8.84. The monoisotopic (exact) mass is 289 g/mol. The molecule has 1 unspecified atom stereocenters. The maximum Gasteiger partial charge on any atom is 0.221 e. The highest BCUT2D eigenvalue weighted by atomic mass is 32.1. The van der Waals surface area contributed by atoms with E-state index in [9.17, 15) is 4.79 Å². The van der Waals surface area contributed by atoms with Crippen LogP contribution in [0.3, 0.4) is 0 Å². The van der Waals surface area contributed by atoms with Gasteiger partial charge < -0.3 is 20.7 Å². The molecule has 1 atom stereocenters. The molecular formula is C13H27N3O2S. The SMILES string of the molecule is CCOCCCNC(=S)NCCC(=O)NC(C)CC. The van der Waals surface area contributed by atoms with Gasteiger partial charge in [-0.15, -0.1) is 0 Å². The topological polar surface area (TPSA) is 62.4 Å². The molecule has 112 valence electrons. The Hall–Kier alpha value is -0.880. The molecule has 0 aromatic rings. The highest BCUT2D eigenvalue weighted by Crippen LogP contribution is 1.89. The van der Waals surface area contributed by atoms with Crippen LogP contribution < -0.4 is 16.0 Å². The number of rotatable bonds is 10. The number of hydrogen-bond donors (Lipinski definition) is 3. The fourth-order valence-electron chi connectivity index (χ4n) is 1.32. The smallest absolute Gasteiger partial charge is 0.221 e. The predicted octanol–water partition coefficient (Wildman–Crippen LogP) is 1.18. The minimum Gasteiger partial charge on any atom is -0.382 e. The van der Waals surface area contributed by atoms with Gasteiger partial charge in [0.2, 0.25) is 5.91 Å². The zero-order valence-corrected chi connectivity index (χ0v) is 13.1. The van der Waals surface area contributed by atoms with E-state index in [1.807, 2.05) is 20.8 Å². The Kier molecular flexibility index (Phi) is 11.6. The maximum atomic E-state index is 11.5. The van der Waals surface area contributed by atoms with E-state index in [1.165, 1.54) is 0 Å². The summed E-state index contributed by atoms with van der Waals surface area (Å²) < 4.78 is 5.22. The third-order valence-corrected chi connectivity index (χ3v) is 2.90. The van der Waals surface area contributed by atoms with Crippen LogP contribution in [0.1, 0.15) is 40.0 Å². The molecule has 0 aromatic heterocycles. The van der Waals surface area contributed by atoms with Gasteiger partial charge in [-0.25, -0.2) is 0 Å². The van der Waals surface area contributed by atoms with Gasteiger partial charge >= 0.3 is 0 Å². The van der Waals surface area contributed by atoms with E-state index >= 15 is 0 Å². The van der Waals surface area contributed by atoms with Gasteiger partial charge in [-0.2, -0.15) is 0 Å². The number of thiocarbonyl (C=S) groups is 1. The first-order valence-electron chi connectivity index (χ1n) is 6.98. The minimum absolute atomic E-state index is 0.0565. The van der Waals surface area contributed by atoms with Gasteiger partial charge in [-0.05, 0) is 38.9 Å². The maximum absolute atomic E-state index is 11.5. The molecule has 6 heteroatoms. The fourth-order valence-corrected chi connectivity index (χ4v) is 1.53. The van der Waals surface area contributed by atoms with Gasteiger partial charge in [0.25, 0.3) is 0 Å². The van der Waals surface area contributed by atoms with Crippen molar-refractivity contribution in [3.63, 3.8) is 0 Å². The van der Waals surface area contributed by atoms with Gasteiger partial charge in [-0.1, -0.05) is 6.92 Å². The van der Waals surface area contributed by atoms with E-state index < -0.39 is 0 Å². The number of nitrogens with one attached hydrogen (secondary N) is 3. The molecule has 0 aliphatic heterocycles. The molecule has 0 bridgehead atoms. The lowest BCUT2D eigenvalue weighted by atomic mass is 10.2. The number of ether oxygens (including phenoxy) is 1. The molecular weight excluding hydrogens is 262 g/mol. The number of carbonyl (C=O) groups is 1. The summed E-state index contributed by atoms with van der Waals surface area (Å²) in [7, 11) is 0. The van der Waals surface area contributed by atoms with Crippen molar-refractivity contribution in [3.8, 4) is 0 Å². The normalized spacial score (nSPS) is 11.7. The molecule has 0 saturated heterocycles. The quantitative estimate of drug-likeness (QED) is 0.416. The molecule has 0 radical (unpaired) electrons. The molecule has 0 aliphatic carbocycles. The van der Waals surface area contributed by atoms with E-state index in [4.69, 9.17) is 17.0 Å². The Labute approximate surface area is 121 Å². The van der Waals surface area contributed by atoms with Gasteiger partial charge in [-0.3, -0.25) is 4.79 Å². The largest absolute Gasteiger partial charge is 0.382 e. The van der Waals surface area contributed by atoms with Gasteiger partial charge in [0.05, 0.1) is 0 Å². The van der Waals surface area contributed by atoms with Crippen molar-refractivity contribution in [1.29, 1.82) is 0 Å². The molecule has 0 fully saturated rings. The lowest BCUT2D eigenvalue weighted by molar-refractivity contribution is -0.121. The molecule has 0 rings (SSSR count). The Bertz CT molecular complexity index is 262. The lowest BCUT2D eigenvalue weighted by Crippen LogP contribution is -2.39. The average Bonchev–Trinajstić information content (AvgIpc) is 2.38. The Morgan fingerprint density at radius 2 is 1.95 bits per heavy atom. The van der Waals surface area contributed by atoms with Crippen LogP contribution in [0, 0.1) is 0 Å². The number of hydrogen-bond acceptors (Lipinski definition) is 3. The van der Waals surface area contributed by atoms with Crippen LogP contribution in [0.2, 0.25) is 0 Å². The van der Waals surface area contributed by atoms with E-state index in [0.29, 0.717) is 18.1 Å². The Morgan fingerprint density at radius 1 is 1.26 bits per heavy atom. The summed E-state index contributed by atoms with van der Waals surface area (Å²) in [5.41, 5.74) is 0. The van der Waals surface area contributed by atoms with Crippen molar-refractivity contribution >= 4 is 23.2 Å². The first-order valence-corrected chi connectivity index (χ1v) is 7.39. The van der Waals surface area contributed by atoms with Crippen LogP contribution in [0.25, 0.3) is 0 Å². The summed E-state index contributed by atoms with van der Waals surface area (Å²) >= 11 is 5.10. The molecule has 0 heterocycles. The summed E-state index contributed by atoms with van der Waals surface area (Å²) in [5, 5.41) is 9.59.